The molecule has 1 aliphatic rings. The first-order valence-electron chi connectivity index (χ1n) is 5.93. The quantitative estimate of drug-likeness (QED) is 0.878. The summed E-state index contributed by atoms with van der Waals surface area (Å²) in [5.74, 6) is -0.400. The predicted octanol–water partition coefficient (Wildman–Crippen LogP) is 2.52. The summed E-state index contributed by atoms with van der Waals surface area (Å²) in [7, 11) is 1.40. The highest BCUT2D eigenvalue weighted by Crippen LogP contribution is 2.25. The van der Waals surface area contributed by atoms with E-state index in [2.05, 4.69) is 5.32 Å². The topological polar surface area (TPSA) is 21.3 Å². The van der Waals surface area contributed by atoms with Gasteiger partial charge < -0.3 is 10.1 Å². The summed E-state index contributed by atoms with van der Waals surface area (Å²) < 4.78 is 32.3. The molecule has 0 aliphatic carbocycles. The second kappa shape index (κ2) is 5.45. The Morgan fingerprint density at radius 3 is 2.35 bits per heavy atom. The maximum Gasteiger partial charge on any atom is 0.133 e. The molecule has 1 aromatic rings. The van der Waals surface area contributed by atoms with Crippen molar-refractivity contribution in [1.82, 2.24) is 5.32 Å². The van der Waals surface area contributed by atoms with Crippen molar-refractivity contribution in [1.29, 1.82) is 0 Å². The standard InChI is InChI=1S/C13H17F2NO/c1-17-10-7-12(14)11(13(15)8-10)6-9-2-4-16-5-3-9/h7-9,16H,2-6H2,1H3. The van der Waals surface area contributed by atoms with Crippen LogP contribution in [0.3, 0.4) is 0 Å². The summed E-state index contributed by atoms with van der Waals surface area (Å²) in [5.41, 5.74) is 0.192. The molecule has 1 fully saturated rings. The van der Waals surface area contributed by atoms with Crippen LogP contribution in [0.2, 0.25) is 0 Å². The van der Waals surface area contributed by atoms with Crippen LogP contribution in [0.4, 0.5) is 8.78 Å². The van der Waals surface area contributed by atoms with E-state index in [1.165, 1.54) is 19.2 Å². The summed E-state index contributed by atoms with van der Waals surface area (Å²) in [6.07, 6.45) is 2.43. The molecule has 4 heteroatoms. The Morgan fingerprint density at radius 2 is 1.82 bits per heavy atom. The molecule has 1 N–H and O–H groups in total. The van der Waals surface area contributed by atoms with Gasteiger partial charge in [0.05, 0.1) is 7.11 Å². The van der Waals surface area contributed by atoms with E-state index in [-0.39, 0.29) is 11.3 Å². The van der Waals surface area contributed by atoms with Crippen molar-refractivity contribution in [2.45, 2.75) is 19.3 Å². The van der Waals surface area contributed by atoms with E-state index in [0.29, 0.717) is 12.3 Å². The fourth-order valence-corrected chi connectivity index (χ4v) is 2.27. The number of ether oxygens (including phenoxy) is 1. The van der Waals surface area contributed by atoms with Gasteiger partial charge in [0.15, 0.2) is 0 Å². The minimum Gasteiger partial charge on any atom is -0.497 e. The van der Waals surface area contributed by atoms with Gasteiger partial charge >= 0.3 is 0 Å². The van der Waals surface area contributed by atoms with E-state index in [1.54, 1.807) is 0 Å². The highest BCUT2D eigenvalue weighted by atomic mass is 19.1. The molecule has 0 spiro atoms. The molecule has 0 radical (unpaired) electrons. The second-order valence-corrected chi connectivity index (χ2v) is 4.47. The van der Waals surface area contributed by atoms with E-state index in [9.17, 15) is 8.78 Å². The van der Waals surface area contributed by atoms with Gasteiger partial charge in [-0.2, -0.15) is 0 Å². The highest BCUT2D eigenvalue weighted by Gasteiger charge is 2.19. The lowest BCUT2D eigenvalue weighted by atomic mass is 9.90. The summed E-state index contributed by atoms with van der Waals surface area (Å²) in [6, 6.07) is 2.50. The highest BCUT2D eigenvalue weighted by molar-refractivity contribution is 5.30. The molecule has 0 atom stereocenters. The monoisotopic (exact) mass is 241 g/mol. The fourth-order valence-electron chi connectivity index (χ4n) is 2.27. The first-order valence-corrected chi connectivity index (χ1v) is 5.93. The first kappa shape index (κ1) is 12.3. The van der Waals surface area contributed by atoms with Crippen LogP contribution in [0.25, 0.3) is 0 Å². The molecule has 17 heavy (non-hydrogen) atoms. The Hall–Kier alpha value is -1.16. The van der Waals surface area contributed by atoms with Crippen molar-refractivity contribution in [2.24, 2.45) is 5.92 Å². The number of halogens is 2. The molecular formula is C13H17F2NO. The predicted molar refractivity (Wildman–Crippen MR) is 62.2 cm³/mol. The Balaban J connectivity index is 2.14. The first-order chi connectivity index (χ1) is 8.20. The average Bonchev–Trinajstić information content (AvgIpc) is 2.35. The SMILES string of the molecule is COc1cc(F)c(CC2CCNCC2)c(F)c1. The van der Waals surface area contributed by atoms with Gasteiger partial charge in [0.1, 0.15) is 17.4 Å². The van der Waals surface area contributed by atoms with Crippen molar-refractivity contribution in [3.8, 4) is 5.75 Å². The van der Waals surface area contributed by atoms with Crippen molar-refractivity contribution in [3.63, 3.8) is 0 Å². The van der Waals surface area contributed by atoms with Crippen LogP contribution in [0, 0.1) is 17.6 Å². The molecular weight excluding hydrogens is 224 g/mol. The number of nitrogens with one attached hydrogen (secondary N) is 1. The minimum absolute atomic E-state index is 0.192. The lowest BCUT2D eigenvalue weighted by Gasteiger charge is -2.23. The van der Waals surface area contributed by atoms with Crippen LogP contribution in [-0.4, -0.2) is 20.2 Å². The van der Waals surface area contributed by atoms with Gasteiger partial charge in [-0.1, -0.05) is 0 Å². The maximum absolute atomic E-state index is 13.7. The molecule has 1 aromatic carbocycles. The third-order valence-corrected chi connectivity index (χ3v) is 3.30. The second-order valence-electron chi connectivity index (χ2n) is 4.47. The number of hydrogen-bond acceptors (Lipinski definition) is 2. The number of rotatable bonds is 3. The lowest BCUT2D eigenvalue weighted by molar-refractivity contribution is 0.360. The molecule has 0 aromatic heterocycles. The minimum atomic E-state index is -0.500. The zero-order valence-corrected chi connectivity index (χ0v) is 9.93. The molecule has 0 bridgehead atoms. The molecule has 2 rings (SSSR count). The van der Waals surface area contributed by atoms with Crippen molar-refractivity contribution in [2.75, 3.05) is 20.2 Å². The number of benzene rings is 1. The largest absolute Gasteiger partial charge is 0.497 e. The van der Waals surface area contributed by atoms with Crippen LogP contribution in [0.5, 0.6) is 5.75 Å². The number of hydrogen-bond donors (Lipinski definition) is 1. The zero-order valence-electron chi connectivity index (χ0n) is 9.93. The molecule has 1 saturated heterocycles. The van der Waals surface area contributed by atoms with Crippen LogP contribution in [-0.2, 0) is 6.42 Å². The zero-order chi connectivity index (χ0) is 12.3. The fraction of sp³-hybridized carbons (Fsp3) is 0.538. The van der Waals surface area contributed by atoms with Gasteiger partial charge in [-0.25, -0.2) is 8.78 Å². The Kier molecular flexibility index (Phi) is 3.94. The van der Waals surface area contributed by atoms with Crippen molar-refractivity contribution >= 4 is 0 Å². The molecule has 0 unspecified atom stereocenters. The molecule has 1 heterocycles. The summed E-state index contributed by atoms with van der Waals surface area (Å²) in [6.45, 7) is 1.87. The van der Waals surface area contributed by atoms with Crippen LogP contribution in [0.1, 0.15) is 18.4 Å². The van der Waals surface area contributed by atoms with Crippen LogP contribution >= 0.6 is 0 Å². The van der Waals surface area contributed by atoms with E-state index >= 15 is 0 Å². The molecule has 0 saturated carbocycles. The van der Waals surface area contributed by atoms with Crippen molar-refractivity contribution in [3.05, 3.63) is 29.3 Å². The Labute approximate surface area is 100.0 Å². The summed E-state index contributed by atoms with van der Waals surface area (Å²) >= 11 is 0. The van der Waals surface area contributed by atoms with E-state index in [1.807, 2.05) is 0 Å². The van der Waals surface area contributed by atoms with E-state index in [0.717, 1.165) is 25.9 Å². The normalized spacial score (nSPS) is 17.1. The maximum atomic E-state index is 13.7. The van der Waals surface area contributed by atoms with Gasteiger partial charge in [0.2, 0.25) is 0 Å². The van der Waals surface area contributed by atoms with Gasteiger partial charge in [-0.05, 0) is 38.3 Å². The van der Waals surface area contributed by atoms with Crippen LogP contribution < -0.4 is 10.1 Å². The smallest absolute Gasteiger partial charge is 0.133 e. The molecule has 0 amide bonds. The Bertz CT molecular complexity index is 366. The third-order valence-electron chi connectivity index (χ3n) is 3.30. The van der Waals surface area contributed by atoms with Crippen LogP contribution in [0.15, 0.2) is 12.1 Å². The van der Waals surface area contributed by atoms with Gasteiger partial charge in [0, 0.05) is 17.7 Å². The van der Waals surface area contributed by atoms with Crippen molar-refractivity contribution < 1.29 is 13.5 Å². The van der Waals surface area contributed by atoms with Gasteiger partial charge in [-0.3, -0.25) is 0 Å². The van der Waals surface area contributed by atoms with Gasteiger partial charge in [0.25, 0.3) is 0 Å². The average molecular weight is 241 g/mol. The lowest BCUT2D eigenvalue weighted by Crippen LogP contribution is -2.29. The number of methoxy groups -OCH3 is 1. The molecule has 2 nitrogen and oxygen atoms in total. The van der Waals surface area contributed by atoms with E-state index < -0.39 is 11.6 Å². The molecule has 94 valence electrons. The Morgan fingerprint density at radius 1 is 1.24 bits per heavy atom. The van der Waals surface area contributed by atoms with Gasteiger partial charge in [-0.15, -0.1) is 0 Å². The number of piperidine rings is 1. The summed E-state index contributed by atoms with van der Waals surface area (Å²) in [5, 5.41) is 3.24. The molecule has 1 aliphatic heterocycles. The van der Waals surface area contributed by atoms with E-state index in [4.69, 9.17) is 4.74 Å². The third kappa shape index (κ3) is 2.94. The summed E-state index contributed by atoms with van der Waals surface area (Å²) in [4.78, 5) is 0.